The van der Waals surface area contributed by atoms with Crippen LogP contribution in [0.2, 0.25) is 0 Å². The van der Waals surface area contributed by atoms with E-state index in [9.17, 15) is 0 Å². The van der Waals surface area contributed by atoms with E-state index in [1.165, 1.54) is 0 Å². The maximum atomic E-state index is 6.02. The molecule has 0 saturated carbocycles. The van der Waals surface area contributed by atoms with Gasteiger partial charge in [-0.1, -0.05) is 36.7 Å². The standard InChI is InChI=1S/C14H20BrN5/c1-5-14(3,4)8-20-13(17-18-19-20)11-6-10(15)7-12(16)9(11)2/h6-7H,5,8,16H2,1-4H3. The number of tetrazole rings is 1. The van der Waals surface area contributed by atoms with Gasteiger partial charge in [0.15, 0.2) is 5.82 Å². The van der Waals surface area contributed by atoms with Gasteiger partial charge in [-0.3, -0.25) is 0 Å². The molecule has 20 heavy (non-hydrogen) atoms. The van der Waals surface area contributed by atoms with Crippen LogP contribution >= 0.6 is 15.9 Å². The first-order valence-electron chi connectivity index (χ1n) is 6.66. The number of halogens is 1. The molecule has 6 heteroatoms. The highest BCUT2D eigenvalue weighted by Gasteiger charge is 2.21. The molecule has 0 atom stereocenters. The molecule has 0 aliphatic heterocycles. The van der Waals surface area contributed by atoms with Crippen LogP contribution in [0.15, 0.2) is 16.6 Å². The van der Waals surface area contributed by atoms with Gasteiger partial charge in [-0.15, -0.1) is 5.10 Å². The van der Waals surface area contributed by atoms with E-state index in [1.54, 1.807) is 0 Å². The number of hydrogen-bond acceptors (Lipinski definition) is 4. The normalized spacial score (nSPS) is 11.8. The average Bonchev–Trinajstić information content (AvgIpc) is 2.81. The first-order chi connectivity index (χ1) is 9.34. The number of nitrogen functional groups attached to an aromatic ring is 1. The van der Waals surface area contributed by atoms with Crippen molar-refractivity contribution in [1.29, 1.82) is 0 Å². The quantitative estimate of drug-likeness (QED) is 0.867. The van der Waals surface area contributed by atoms with Crippen LogP contribution in [-0.2, 0) is 6.54 Å². The van der Waals surface area contributed by atoms with E-state index in [1.807, 2.05) is 23.7 Å². The van der Waals surface area contributed by atoms with Gasteiger partial charge < -0.3 is 5.73 Å². The zero-order chi connectivity index (χ0) is 14.9. The zero-order valence-electron chi connectivity index (χ0n) is 12.3. The van der Waals surface area contributed by atoms with E-state index in [4.69, 9.17) is 5.73 Å². The number of rotatable bonds is 4. The molecule has 2 rings (SSSR count). The first-order valence-corrected chi connectivity index (χ1v) is 7.45. The molecule has 0 aliphatic carbocycles. The van der Waals surface area contributed by atoms with Gasteiger partial charge in [-0.2, -0.15) is 0 Å². The maximum absolute atomic E-state index is 6.02. The Hall–Kier alpha value is -1.43. The van der Waals surface area contributed by atoms with Gasteiger partial charge in [0.25, 0.3) is 0 Å². The molecule has 5 nitrogen and oxygen atoms in total. The van der Waals surface area contributed by atoms with Gasteiger partial charge in [0.1, 0.15) is 0 Å². The van der Waals surface area contributed by atoms with Crippen LogP contribution in [0.1, 0.15) is 32.8 Å². The van der Waals surface area contributed by atoms with Crippen molar-refractivity contribution in [1.82, 2.24) is 20.2 Å². The molecule has 0 spiro atoms. The van der Waals surface area contributed by atoms with Crippen molar-refractivity contribution < 1.29 is 0 Å². The fraction of sp³-hybridized carbons (Fsp3) is 0.500. The van der Waals surface area contributed by atoms with Gasteiger partial charge in [0.05, 0.1) is 6.54 Å². The van der Waals surface area contributed by atoms with Crippen LogP contribution in [0.4, 0.5) is 5.69 Å². The lowest BCUT2D eigenvalue weighted by Gasteiger charge is -2.22. The number of hydrogen-bond donors (Lipinski definition) is 1. The van der Waals surface area contributed by atoms with Crippen LogP contribution in [0, 0.1) is 12.3 Å². The third kappa shape index (κ3) is 3.00. The summed E-state index contributed by atoms with van der Waals surface area (Å²) in [6, 6.07) is 3.90. The number of anilines is 1. The van der Waals surface area contributed by atoms with Crippen molar-refractivity contribution in [3.05, 3.63) is 22.2 Å². The second kappa shape index (κ2) is 5.52. The largest absolute Gasteiger partial charge is 0.398 e. The first kappa shape index (κ1) is 15.0. The van der Waals surface area contributed by atoms with E-state index in [2.05, 4.69) is 52.2 Å². The Morgan fingerprint density at radius 1 is 1.35 bits per heavy atom. The molecule has 1 aromatic carbocycles. The van der Waals surface area contributed by atoms with Gasteiger partial charge in [0.2, 0.25) is 0 Å². The topological polar surface area (TPSA) is 69.6 Å². The van der Waals surface area contributed by atoms with Crippen molar-refractivity contribution >= 4 is 21.6 Å². The molecule has 0 bridgehead atoms. The Morgan fingerprint density at radius 2 is 2.05 bits per heavy atom. The fourth-order valence-electron chi connectivity index (χ4n) is 1.95. The van der Waals surface area contributed by atoms with Crippen LogP contribution < -0.4 is 5.73 Å². The van der Waals surface area contributed by atoms with Crippen LogP contribution in [0.25, 0.3) is 11.4 Å². The summed E-state index contributed by atoms with van der Waals surface area (Å²) in [4.78, 5) is 0. The van der Waals surface area contributed by atoms with Crippen LogP contribution in [-0.4, -0.2) is 20.2 Å². The maximum Gasteiger partial charge on any atom is 0.182 e. The molecule has 0 unspecified atom stereocenters. The molecule has 108 valence electrons. The third-order valence-corrected chi connectivity index (χ3v) is 4.18. The highest BCUT2D eigenvalue weighted by atomic mass is 79.9. The molecule has 1 heterocycles. The van der Waals surface area contributed by atoms with Crippen molar-refractivity contribution in [3.8, 4) is 11.4 Å². The molecule has 0 fully saturated rings. The average molecular weight is 338 g/mol. The van der Waals surface area contributed by atoms with Gasteiger partial charge in [-0.25, -0.2) is 4.68 Å². The van der Waals surface area contributed by atoms with E-state index in [0.717, 1.165) is 40.1 Å². The van der Waals surface area contributed by atoms with Crippen molar-refractivity contribution in [2.45, 2.75) is 40.7 Å². The summed E-state index contributed by atoms with van der Waals surface area (Å²) in [6.07, 6.45) is 1.06. The molecule has 1 aromatic heterocycles. The summed E-state index contributed by atoms with van der Waals surface area (Å²) in [7, 11) is 0. The van der Waals surface area contributed by atoms with Crippen LogP contribution in [0.3, 0.4) is 0 Å². The number of nitrogens with two attached hydrogens (primary N) is 1. The summed E-state index contributed by atoms with van der Waals surface area (Å²) < 4.78 is 2.79. The van der Waals surface area contributed by atoms with E-state index >= 15 is 0 Å². The summed E-state index contributed by atoms with van der Waals surface area (Å²) >= 11 is 3.47. The monoisotopic (exact) mass is 337 g/mol. The number of benzene rings is 1. The van der Waals surface area contributed by atoms with Crippen molar-refractivity contribution in [2.75, 3.05) is 5.73 Å². The van der Waals surface area contributed by atoms with Crippen molar-refractivity contribution in [2.24, 2.45) is 5.41 Å². The second-order valence-corrected chi connectivity index (χ2v) is 6.76. The Balaban J connectivity index is 2.48. The molecule has 0 radical (unpaired) electrons. The summed E-state index contributed by atoms with van der Waals surface area (Å²) in [5.74, 6) is 0.761. The minimum absolute atomic E-state index is 0.148. The third-order valence-electron chi connectivity index (χ3n) is 3.72. The van der Waals surface area contributed by atoms with E-state index in [0.29, 0.717) is 0 Å². The SMILES string of the molecule is CCC(C)(C)Cn1nnnc1-c1cc(Br)cc(N)c1C. The predicted octanol–water partition coefficient (Wildman–Crippen LogP) is 3.43. The van der Waals surface area contributed by atoms with E-state index in [-0.39, 0.29) is 5.41 Å². The molecule has 2 aromatic rings. The molecular formula is C14H20BrN5. The Labute approximate surface area is 127 Å². The smallest absolute Gasteiger partial charge is 0.182 e. The zero-order valence-corrected chi connectivity index (χ0v) is 13.9. The molecule has 2 N–H and O–H groups in total. The Bertz CT molecular complexity index is 618. The highest BCUT2D eigenvalue weighted by molar-refractivity contribution is 9.10. The summed E-state index contributed by atoms with van der Waals surface area (Å²) in [5, 5.41) is 12.1. The minimum Gasteiger partial charge on any atom is -0.398 e. The van der Waals surface area contributed by atoms with Gasteiger partial charge >= 0.3 is 0 Å². The summed E-state index contributed by atoms with van der Waals surface area (Å²) in [5.41, 5.74) is 8.87. The van der Waals surface area contributed by atoms with Gasteiger partial charge in [-0.05, 0) is 46.9 Å². The van der Waals surface area contributed by atoms with Gasteiger partial charge in [0, 0.05) is 15.7 Å². The molecule has 0 aliphatic rings. The van der Waals surface area contributed by atoms with Crippen LogP contribution in [0.5, 0.6) is 0 Å². The lowest BCUT2D eigenvalue weighted by Crippen LogP contribution is -2.20. The lowest BCUT2D eigenvalue weighted by molar-refractivity contribution is 0.279. The van der Waals surface area contributed by atoms with Crippen molar-refractivity contribution in [3.63, 3.8) is 0 Å². The van der Waals surface area contributed by atoms with E-state index < -0.39 is 0 Å². The highest BCUT2D eigenvalue weighted by Crippen LogP contribution is 2.31. The fourth-order valence-corrected chi connectivity index (χ4v) is 2.43. The second-order valence-electron chi connectivity index (χ2n) is 5.85. The Kier molecular flexibility index (Phi) is 4.13. The number of aromatic nitrogens is 4. The molecule has 0 amide bonds. The predicted molar refractivity (Wildman–Crippen MR) is 84.2 cm³/mol. The Morgan fingerprint density at radius 3 is 2.70 bits per heavy atom. The number of nitrogens with zero attached hydrogens (tertiary/aromatic N) is 4. The lowest BCUT2D eigenvalue weighted by atomic mass is 9.90. The summed E-state index contributed by atoms with van der Waals surface area (Å²) in [6.45, 7) is 9.35. The molecular weight excluding hydrogens is 318 g/mol. The molecule has 0 saturated heterocycles. The minimum atomic E-state index is 0.148.